The van der Waals surface area contributed by atoms with Gasteiger partial charge in [-0.3, -0.25) is 4.79 Å². The van der Waals surface area contributed by atoms with Gasteiger partial charge in [0.1, 0.15) is 10.5 Å². The minimum Gasteiger partial charge on any atom is -0.481 e. The van der Waals surface area contributed by atoms with E-state index in [1.54, 1.807) is 18.3 Å². The SMILES string of the molecule is O=C(O)C1CC2CCC1N2S(=O)(=O)c1c[nH]c2ncccc12. The normalized spacial score (nSPS) is 28.5. The van der Waals surface area contributed by atoms with Crippen molar-refractivity contribution in [3.8, 4) is 0 Å². The fourth-order valence-electron chi connectivity index (χ4n) is 3.84. The van der Waals surface area contributed by atoms with Crippen LogP contribution in [0.3, 0.4) is 0 Å². The number of hydrogen-bond acceptors (Lipinski definition) is 4. The molecule has 22 heavy (non-hydrogen) atoms. The minimum atomic E-state index is -3.73. The molecule has 4 rings (SSSR count). The molecule has 2 bridgehead atoms. The zero-order valence-corrected chi connectivity index (χ0v) is 12.5. The van der Waals surface area contributed by atoms with Crippen LogP contribution in [-0.2, 0) is 14.8 Å². The van der Waals surface area contributed by atoms with Crippen molar-refractivity contribution in [1.82, 2.24) is 14.3 Å². The molecule has 0 amide bonds. The van der Waals surface area contributed by atoms with Gasteiger partial charge in [-0.25, -0.2) is 13.4 Å². The molecule has 2 saturated heterocycles. The molecule has 2 N–H and O–H groups in total. The number of pyridine rings is 1. The maximum atomic E-state index is 13.0. The maximum absolute atomic E-state index is 13.0. The second kappa shape index (κ2) is 4.53. The highest BCUT2D eigenvalue weighted by Crippen LogP contribution is 2.45. The third kappa shape index (κ3) is 1.74. The van der Waals surface area contributed by atoms with Gasteiger partial charge in [-0.1, -0.05) is 0 Å². The molecular weight excluding hydrogens is 306 g/mol. The number of nitrogens with one attached hydrogen (secondary N) is 1. The van der Waals surface area contributed by atoms with Gasteiger partial charge < -0.3 is 10.1 Å². The molecule has 8 heteroatoms. The van der Waals surface area contributed by atoms with Crippen molar-refractivity contribution in [3.63, 3.8) is 0 Å². The number of rotatable bonds is 3. The highest BCUT2D eigenvalue weighted by molar-refractivity contribution is 7.89. The van der Waals surface area contributed by atoms with Crippen LogP contribution in [0.4, 0.5) is 0 Å². The number of aliphatic carboxylic acids is 1. The van der Waals surface area contributed by atoms with Crippen LogP contribution in [0.5, 0.6) is 0 Å². The van der Waals surface area contributed by atoms with E-state index >= 15 is 0 Å². The third-order valence-electron chi connectivity index (χ3n) is 4.76. The standard InChI is InChI=1S/C14H15N3O4S/c18-14(19)10-6-8-3-4-11(10)17(8)22(20,21)12-7-16-13-9(12)2-1-5-15-13/h1-2,5,7-8,10-11H,3-4,6H2,(H,15,16)(H,18,19). The van der Waals surface area contributed by atoms with Gasteiger partial charge in [0.15, 0.2) is 0 Å². The molecule has 0 saturated carbocycles. The summed E-state index contributed by atoms with van der Waals surface area (Å²) in [5, 5.41) is 9.83. The van der Waals surface area contributed by atoms with Crippen molar-refractivity contribution < 1.29 is 18.3 Å². The molecule has 3 unspecified atom stereocenters. The molecule has 2 fully saturated rings. The summed E-state index contributed by atoms with van der Waals surface area (Å²) in [5.74, 6) is -1.51. The molecule has 7 nitrogen and oxygen atoms in total. The van der Waals surface area contributed by atoms with E-state index in [1.807, 2.05) is 0 Å². The quantitative estimate of drug-likeness (QED) is 0.884. The van der Waals surface area contributed by atoms with Crippen molar-refractivity contribution in [1.29, 1.82) is 0 Å². The maximum Gasteiger partial charge on any atom is 0.308 e. The second-order valence-electron chi connectivity index (χ2n) is 5.87. The topological polar surface area (TPSA) is 103 Å². The van der Waals surface area contributed by atoms with Crippen molar-refractivity contribution in [2.24, 2.45) is 5.92 Å². The molecule has 3 atom stereocenters. The summed E-state index contributed by atoms with van der Waals surface area (Å²) in [7, 11) is -3.73. The highest BCUT2D eigenvalue weighted by Gasteiger charge is 2.54. The number of hydrogen-bond donors (Lipinski definition) is 2. The van der Waals surface area contributed by atoms with Gasteiger partial charge in [-0.05, 0) is 31.4 Å². The lowest BCUT2D eigenvalue weighted by Crippen LogP contribution is -2.37. The second-order valence-corrected chi connectivity index (χ2v) is 7.68. The molecule has 0 spiro atoms. The molecule has 0 radical (unpaired) electrons. The van der Waals surface area contributed by atoms with Crippen LogP contribution in [0.25, 0.3) is 11.0 Å². The first-order valence-corrected chi connectivity index (χ1v) is 8.62. The van der Waals surface area contributed by atoms with E-state index in [0.717, 1.165) is 6.42 Å². The van der Waals surface area contributed by atoms with Gasteiger partial charge in [0.05, 0.1) is 5.92 Å². The Labute approximate surface area is 127 Å². The van der Waals surface area contributed by atoms with E-state index in [2.05, 4.69) is 9.97 Å². The van der Waals surface area contributed by atoms with Gasteiger partial charge in [0.2, 0.25) is 10.0 Å². The van der Waals surface area contributed by atoms with Gasteiger partial charge in [-0.15, -0.1) is 0 Å². The van der Waals surface area contributed by atoms with E-state index in [0.29, 0.717) is 23.9 Å². The molecule has 0 aromatic carbocycles. The molecule has 2 aliphatic heterocycles. The van der Waals surface area contributed by atoms with E-state index in [1.165, 1.54) is 10.5 Å². The third-order valence-corrected chi connectivity index (χ3v) is 6.78. The summed E-state index contributed by atoms with van der Waals surface area (Å²) in [5.41, 5.74) is 0.516. The zero-order chi connectivity index (χ0) is 15.5. The molecule has 2 aromatic rings. The Hall–Kier alpha value is -1.93. The van der Waals surface area contributed by atoms with Crippen LogP contribution in [0.15, 0.2) is 29.4 Å². The molecule has 2 aliphatic rings. The van der Waals surface area contributed by atoms with Crippen LogP contribution in [-0.4, -0.2) is 45.9 Å². The van der Waals surface area contributed by atoms with Gasteiger partial charge in [0.25, 0.3) is 0 Å². The smallest absolute Gasteiger partial charge is 0.308 e. The number of fused-ring (bicyclic) bond motifs is 3. The number of carboxylic acids is 1. The van der Waals surface area contributed by atoms with E-state index in [-0.39, 0.29) is 10.9 Å². The fraction of sp³-hybridized carbons (Fsp3) is 0.429. The van der Waals surface area contributed by atoms with Gasteiger partial charge in [0, 0.05) is 29.9 Å². The minimum absolute atomic E-state index is 0.179. The molecule has 4 heterocycles. The monoisotopic (exact) mass is 321 g/mol. The number of carboxylic acid groups (broad SMARTS) is 1. The number of nitrogens with zero attached hydrogens (tertiary/aromatic N) is 2. The first-order valence-electron chi connectivity index (χ1n) is 7.18. The first kappa shape index (κ1) is 13.7. The van der Waals surface area contributed by atoms with Crippen LogP contribution in [0.1, 0.15) is 19.3 Å². The lowest BCUT2D eigenvalue weighted by molar-refractivity contribution is -0.142. The molecule has 116 valence electrons. The Kier molecular flexibility index (Phi) is 2.82. The summed E-state index contributed by atoms with van der Waals surface area (Å²) >= 11 is 0. The van der Waals surface area contributed by atoms with E-state index in [4.69, 9.17) is 0 Å². The van der Waals surface area contributed by atoms with Crippen LogP contribution in [0.2, 0.25) is 0 Å². The summed E-state index contributed by atoms with van der Waals surface area (Å²) < 4.78 is 27.5. The summed E-state index contributed by atoms with van der Waals surface area (Å²) in [4.78, 5) is 18.5. The molecule has 0 aliphatic carbocycles. The summed E-state index contributed by atoms with van der Waals surface area (Å²) in [6, 6.07) is 2.75. The van der Waals surface area contributed by atoms with E-state index in [9.17, 15) is 18.3 Å². The van der Waals surface area contributed by atoms with Crippen molar-refractivity contribution >= 4 is 27.0 Å². The van der Waals surface area contributed by atoms with Crippen LogP contribution < -0.4 is 0 Å². The Morgan fingerprint density at radius 3 is 2.95 bits per heavy atom. The van der Waals surface area contributed by atoms with E-state index < -0.39 is 28.0 Å². The molecular formula is C14H15N3O4S. The highest BCUT2D eigenvalue weighted by atomic mass is 32.2. The lowest BCUT2D eigenvalue weighted by Gasteiger charge is -2.22. The zero-order valence-electron chi connectivity index (χ0n) is 11.6. The summed E-state index contributed by atoms with van der Waals surface area (Å²) in [6.07, 6.45) is 4.78. The average molecular weight is 321 g/mol. The number of sulfonamides is 1. The fourth-order valence-corrected chi connectivity index (χ4v) is 5.91. The Morgan fingerprint density at radius 1 is 1.41 bits per heavy atom. The van der Waals surface area contributed by atoms with Crippen LogP contribution >= 0.6 is 0 Å². The predicted molar refractivity (Wildman–Crippen MR) is 77.7 cm³/mol. The van der Waals surface area contributed by atoms with Crippen molar-refractivity contribution in [2.75, 3.05) is 0 Å². The van der Waals surface area contributed by atoms with Crippen molar-refractivity contribution in [2.45, 2.75) is 36.2 Å². The van der Waals surface area contributed by atoms with Crippen molar-refractivity contribution in [3.05, 3.63) is 24.5 Å². The Morgan fingerprint density at radius 2 is 2.23 bits per heavy atom. The number of carbonyl (C=O) groups is 1. The number of aromatic nitrogens is 2. The summed E-state index contributed by atoms with van der Waals surface area (Å²) in [6.45, 7) is 0. The Balaban J connectivity index is 1.80. The first-order chi connectivity index (χ1) is 10.5. The Bertz CT molecular complexity index is 860. The van der Waals surface area contributed by atoms with Gasteiger partial charge >= 0.3 is 5.97 Å². The van der Waals surface area contributed by atoms with Gasteiger partial charge in [-0.2, -0.15) is 4.31 Å². The number of H-pyrrole nitrogens is 1. The van der Waals surface area contributed by atoms with Crippen LogP contribution in [0, 0.1) is 5.92 Å². The lowest BCUT2D eigenvalue weighted by atomic mass is 9.89. The largest absolute Gasteiger partial charge is 0.481 e. The number of aromatic amines is 1. The predicted octanol–water partition coefficient (Wildman–Crippen LogP) is 1.19. The average Bonchev–Trinajstić information content (AvgIpc) is 3.19. The molecule has 2 aromatic heterocycles.